The van der Waals surface area contributed by atoms with Crippen molar-refractivity contribution in [1.29, 1.82) is 0 Å². The van der Waals surface area contributed by atoms with Gasteiger partial charge in [0.25, 0.3) is 10.0 Å². The predicted molar refractivity (Wildman–Crippen MR) is 112 cm³/mol. The van der Waals surface area contributed by atoms with E-state index < -0.39 is 15.8 Å². The molecule has 0 saturated heterocycles. The van der Waals surface area contributed by atoms with Gasteiger partial charge in [-0.3, -0.25) is 0 Å². The Morgan fingerprint density at radius 1 is 0.862 bits per heavy atom. The van der Waals surface area contributed by atoms with Crippen molar-refractivity contribution in [3.8, 4) is 11.3 Å². The Hall–Kier alpha value is -2.90. The number of aromatic nitrogens is 2. The zero-order valence-corrected chi connectivity index (χ0v) is 17.1. The van der Waals surface area contributed by atoms with E-state index in [9.17, 15) is 12.8 Å². The van der Waals surface area contributed by atoms with E-state index in [1.165, 1.54) is 23.9 Å². The normalized spacial score (nSPS) is 11.5. The van der Waals surface area contributed by atoms with E-state index >= 15 is 0 Å². The van der Waals surface area contributed by atoms with Crippen LogP contribution in [0.5, 0.6) is 0 Å². The quantitative estimate of drug-likeness (QED) is 0.431. The van der Waals surface area contributed by atoms with E-state index in [2.05, 4.69) is 5.10 Å². The molecule has 0 spiro atoms. The molecule has 0 radical (unpaired) electrons. The molecule has 29 heavy (non-hydrogen) atoms. The summed E-state index contributed by atoms with van der Waals surface area (Å²) in [6, 6.07) is 23.7. The molecule has 0 bridgehead atoms. The van der Waals surface area contributed by atoms with Gasteiger partial charge in [0.05, 0.1) is 15.5 Å². The van der Waals surface area contributed by atoms with Crippen molar-refractivity contribution in [1.82, 2.24) is 9.19 Å². The second-order valence-corrected chi connectivity index (χ2v) is 9.20. The number of halogens is 1. The van der Waals surface area contributed by atoms with Crippen molar-refractivity contribution in [2.75, 3.05) is 0 Å². The van der Waals surface area contributed by atoms with E-state index in [1.54, 1.807) is 6.92 Å². The molecule has 3 aromatic carbocycles. The van der Waals surface area contributed by atoms with Crippen molar-refractivity contribution < 1.29 is 12.8 Å². The molecule has 7 heteroatoms. The van der Waals surface area contributed by atoms with E-state index in [0.717, 1.165) is 31.6 Å². The number of aryl methyl sites for hydroxylation is 1. The van der Waals surface area contributed by atoms with Gasteiger partial charge in [-0.05, 0) is 43.3 Å². The number of nitrogens with zero attached hydrogens (tertiary/aromatic N) is 2. The van der Waals surface area contributed by atoms with Crippen molar-refractivity contribution >= 4 is 21.8 Å². The Kier molecular flexibility index (Phi) is 5.25. The maximum absolute atomic E-state index is 13.3. The smallest absolute Gasteiger partial charge is 0.207 e. The molecule has 4 rings (SSSR count). The van der Waals surface area contributed by atoms with E-state index in [0.29, 0.717) is 11.4 Å². The van der Waals surface area contributed by atoms with Gasteiger partial charge in [-0.2, -0.15) is 17.6 Å². The first-order valence-electron chi connectivity index (χ1n) is 8.86. The number of rotatable bonds is 5. The fourth-order valence-electron chi connectivity index (χ4n) is 2.94. The summed E-state index contributed by atoms with van der Waals surface area (Å²) in [7, 11) is -4.00. The minimum absolute atomic E-state index is 0.0187. The Balaban J connectivity index is 1.93. The van der Waals surface area contributed by atoms with E-state index in [4.69, 9.17) is 0 Å². The summed E-state index contributed by atoms with van der Waals surface area (Å²) < 4.78 is 41.0. The van der Waals surface area contributed by atoms with Crippen molar-refractivity contribution in [3.05, 3.63) is 96.4 Å². The number of hydrogen-bond donors (Lipinski definition) is 0. The highest BCUT2D eigenvalue weighted by atomic mass is 32.2. The molecule has 0 aliphatic heterocycles. The average molecular weight is 425 g/mol. The zero-order chi connectivity index (χ0) is 20.4. The van der Waals surface area contributed by atoms with Gasteiger partial charge in [-0.1, -0.05) is 60.3 Å². The van der Waals surface area contributed by atoms with Gasteiger partial charge in [-0.15, -0.1) is 0 Å². The van der Waals surface area contributed by atoms with Gasteiger partial charge in [-0.25, -0.2) is 4.39 Å². The van der Waals surface area contributed by atoms with E-state index in [-0.39, 0.29) is 4.90 Å². The molecule has 1 heterocycles. The molecule has 146 valence electrons. The third-order valence-corrected chi connectivity index (χ3v) is 7.11. The highest BCUT2D eigenvalue weighted by Gasteiger charge is 2.27. The largest absolute Gasteiger partial charge is 0.283 e. The Morgan fingerprint density at radius 3 is 2.07 bits per heavy atom. The van der Waals surface area contributed by atoms with E-state index in [1.807, 2.05) is 60.7 Å². The highest BCUT2D eigenvalue weighted by molar-refractivity contribution is 7.99. The van der Waals surface area contributed by atoms with Gasteiger partial charge >= 0.3 is 0 Å². The third-order valence-electron chi connectivity index (χ3n) is 4.33. The maximum Gasteiger partial charge on any atom is 0.283 e. The van der Waals surface area contributed by atoms with Gasteiger partial charge in [0.15, 0.2) is 0 Å². The Bertz CT molecular complexity index is 1240. The van der Waals surface area contributed by atoms with Crippen LogP contribution < -0.4 is 0 Å². The molecule has 0 N–H and O–H groups in total. The topological polar surface area (TPSA) is 52.0 Å². The fraction of sp³-hybridized carbons (Fsp3) is 0.0455. The molecule has 0 unspecified atom stereocenters. The minimum Gasteiger partial charge on any atom is -0.207 e. The van der Waals surface area contributed by atoms with Gasteiger partial charge in [0.2, 0.25) is 0 Å². The Morgan fingerprint density at radius 2 is 1.45 bits per heavy atom. The summed E-state index contributed by atoms with van der Waals surface area (Å²) in [6.07, 6.45) is 0. The van der Waals surface area contributed by atoms with Crippen LogP contribution in [-0.2, 0) is 10.0 Å². The lowest BCUT2D eigenvalue weighted by molar-refractivity contribution is 0.579. The summed E-state index contributed by atoms with van der Waals surface area (Å²) in [5.41, 5.74) is 1.82. The number of benzene rings is 3. The maximum atomic E-state index is 13.3. The van der Waals surface area contributed by atoms with Crippen LogP contribution in [0.15, 0.2) is 99.6 Å². The van der Waals surface area contributed by atoms with Crippen molar-refractivity contribution in [2.24, 2.45) is 0 Å². The lowest BCUT2D eigenvalue weighted by atomic mass is 10.1. The summed E-state index contributed by atoms with van der Waals surface area (Å²) in [4.78, 5) is 1.72. The predicted octanol–water partition coefficient (Wildman–Crippen LogP) is 5.39. The van der Waals surface area contributed by atoms with Crippen LogP contribution >= 0.6 is 11.8 Å². The van der Waals surface area contributed by atoms with Gasteiger partial charge in [0.1, 0.15) is 11.5 Å². The summed E-state index contributed by atoms with van der Waals surface area (Å²) >= 11 is 1.46. The third kappa shape index (κ3) is 3.83. The van der Waals surface area contributed by atoms with Crippen LogP contribution in [0, 0.1) is 12.7 Å². The average Bonchev–Trinajstić information content (AvgIpc) is 3.07. The molecule has 0 fully saturated rings. The fourth-order valence-corrected chi connectivity index (χ4v) is 5.36. The molecular formula is C22H17FN2O2S2. The highest BCUT2D eigenvalue weighted by Crippen LogP contribution is 2.39. The van der Waals surface area contributed by atoms with Crippen LogP contribution in [0.25, 0.3) is 11.3 Å². The molecule has 4 nitrogen and oxygen atoms in total. The zero-order valence-electron chi connectivity index (χ0n) is 15.5. The molecule has 0 atom stereocenters. The molecule has 0 aliphatic carbocycles. The first-order chi connectivity index (χ1) is 14.0. The van der Waals surface area contributed by atoms with Gasteiger partial charge in [0, 0.05) is 10.5 Å². The first-order valence-corrected chi connectivity index (χ1v) is 11.1. The lowest BCUT2D eigenvalue weighted by Gasteiger charge is -2.11. The van der Waals surface area contributed by atoms with Crippen LogP contribution in [0.1, 0.15) is 5.69 Å². The van der Waals surface area contributed by atoms with Gasteiger partial charge < -0.3 is 0 Å². The van der Waals surface area contributed by atoms with Crippen LogP contribution in [-0.4, -0.2) is 17.6 Å². The van der Waals surface area contributed by atoms with Crippen molar-refractivity contribution in [3.63, 3.8) is 0 Å². The molecule has 0 saturated carbocycles. The second kappa shape index (κ2) is 7.85. The summed E-state index contributed by atoms with van der Waals surface area (Å²) in [6.45, 7) is 1.79. The number of hydrogen-bond acceptors (Lipinski definition) is 4. The molecule has 4 aromatic rings. The monoisotopic (exact) mass is 424 g/mol. The van der Waals surface area contributed by atoms with Crippen LogP contribution in [0.4, 0.5) is 4.39 Å². The Labute approximate surface area is 173 Å². The second-order valence-electron chi connectivity index (χ2n) is 6.35. The first kappa shape index (κ1) is 19.4. The standard InChI is InChI=1S/C22H17FN2O2S2/c1-16-22(28-19-10-6-3-7-11-19)21(17-8-4-2-5-9-17)25(24-16)29(26,27)20-14-12-18(23)13-15-20/h2-15H,1H3. The van der Waals surface area contributed by atoms with Crippen LogP contribution in [0.2, 0.25) is 0 Å². The SMILES string of the molecule is Cc1nn(S(=O)(=O)c2ccc(F)cc2)c(-c2ccccc2)c1Sc1ccccc1. The summed E-state index contributed by atoms with van der Waals surface area (Å²) in [5, 5.41) is 4.37. The molecule has 0 aliphatic rings. The lowest BCUT2D eigenvalue weighted by Crippen LogP contribution is -2.16. The van der Waals surface area contributed by atoms with Crippen molar-refractivity contribution in [2.45, 2.75) is 21.6 Å². The molecule has 0 amide bonds. The minimum atomic E-state index is -4.00. The molecule has 1 aromatic heterocycles. The molecular weight excluding hydrogens is 407 g/mol. The van der Waals surface area contributed by atoms with Crippen LogP contribution in [0.3, 0.4) is 0 Å². The summed E-state index contributed by atoms with van der Waals surface area (Å²) in [5.74, 6) is -0.496.